The molecular formula is C12H20ClN3O. The van der Waals surface area contributed by atoms with Crippen molar-refractivity contribution in [2.24, 2.45) is 5.41 Å². The summed E-state index contributed by atoms with van der Waals surface area (Å²) in [6.07, 6.45) is 5.64. The molecule has 0 saturated heterocycles. The highest BCUT2D eigenvalue weighted by molar-refractivity contribution is 6.28. The summed E-state index contributed by atoms with van der Waals surface area (Å²) in [5, 5.41) is 8.65. The number of aromatic nitrogens is 3. The largest absolute Gasteiger partial charge is 0.385 e. The average Bonchev–Trinajstić information content (AvgIpc) is 3.02. The van der Waals surface area contributed by atoms with E-state index in [1.807, 2.05) is 0 Å². The van der Waals surface area contributed by atoms with Crippen molar-refractivity contribution in [3.63, 3.8) is 0 Å². The zero-order valence-electron chi connectivity index (χ0n) is 10.6. The molecule has 0 atom stereocenters. The van der Waals surface area contributed by atoms with Crippen LogP contribution in [0.5, 0.6) is 0 Å². The summed E-state index contributed by atoms with van der Waals surface area (Å²) in [6, 6.07) is 0. The van der Waals surface area contributed by atoms with Gasteiger partial charge in [-0.15, -0.1) is 10.2 Å². The monoisotopic (exact) mass is 257 g/mol. The summed E-state index contributed by atoms with van der Waals surface area (Å²) in [7, 11) is 1.75. The Bertz CT molecular complexity index is 374. The van der Waals surface area contributed by atoms with Gasteiger partial charge in [0.25, 0.3) is 0 Å². The second-order valence-corrected chi connectivity index (χ2v) is 5.30. The van der Waals surface area contributed by atoms with Crippen LogP contribution < -0.4 is 0 Å². The Balaban J connectivity index is 2.04. The minimum absolute atomic E-state index is 0.379. The molecule has 1 aromatic rings. The highest BCUT2D eigenvalue weighted by Crippen LogP contribution is 2.50. The fraction of sp³-hybridized carbons (Fsp3) is 0.833. The van der Waals surface area contributed by atoms with E-state index in [-0.39, 0.29) is 0 Å². The smallest absolute Gasteiger partial charge is 0.225 e. The lowest BCUT2D eigenvalue weighted by Crippen LogP contribution is -2.16. The maximum Gasteiger partial charge on any atom is 0.225 e. The lowest BCUT2D eigenvalue weighted by atomic mass is 10.0. The maximum atomic E-state index is 6.11. The Morgan fingerprint density at radius 3 is 2.76 bits per heavy atom. The number of halogens is 1. The molecule has 0 amide bonds. The van der Waals surface area contributed by atoms with Crippen molar-refractivity contribution in [2.75, 3.05) is 13.7 Å². The second-order valence-electron chi connectivity index (χ2n) is 4.96. The van der Waals surface area contributed by atoms with E-state index in [2.05, 4.69) is 21.7 Å². The van der Waals surface area contributed by atoms with E-state index in [0.29, 0.717) is 10.7 Å². The molecule has 0 unspecified atom stereocenters. The van der Waals surface area contributed by atoms with Crippen molar-refractivity contribution < 1.29 is 4.74 Å². The third-order valence-electron chi connectivity index (χ3n) is 3.54. The van der Waals surface area contributed by atoms with E-state index >= 15 is 0 Å². The Morgan fingerprint density at radius 1 is 1.41 bits per heavy atom. The number of aryl methyl sites for hydroxylation is 1. The van der Waals surface area contributed by atoms with E-state index in [1.165, 1.54) is 12.8 Å². The average molecular weight is 258 g/mol. The topological polar surface area (TPSA) is 39.9 Å². The van der Waals surface area contributed by atoms with Gasteiger partial charge in [-0.1, -0.05) is 6.92 Å². The highest BCUT2D eigenvalue weighted by Gasteiger charge is 2.43. The van der Waals surface area contributed by atoms with E-state index in [9.17, 15) is 0 Å². The molecule has 0 aliphatic heterocycles. The van der Waals surface area contributed by atoms with Crippen molar-refractivity contribution in [1.82, 2.24) is 14.8 Å². The number of hydrogen-bond donors (Lipinski definition) is 0. The summed E-state index contributed by atoms with van der Waals surface area (Å²) < 4.78 is 7.25. The zero-order valence-corrected chi connectivity index (χ0v) is 11.3. The van der Waals surface area contributed by atoms with Gasteiger partial charge in [0.05, 0.1) is 0 Å². The third-order valence-corrected chi connectivity index (χ3v) is 3.82. The van der Waals surface area contributed by atoms with Crippen molar-refractivity contribution >= 4 is 11.6 Å². The van der Waals surface area contributed by atoms with Crippen LogP contribution in [0.25, 0.3) is 0 Å². The van der Waals surface area contributed by atoms with Gasteiger partial charge in [-0.05, 0) is 42.7 Å². The van der Waals surface area contributed by atoms with Gasteiger partial charge in [-0.25, -0.2) is 0 Å². The Hall–Kier alpha value is -0.610. The van der Waals surface area contributed by atoms with Crippen LogP contribution in [0.15, 0.2) is 0 Å². The molecule has 5 heteroatoms. The molecule has 0 radical (unpaired) electrons. The molecule has 0 aromatic carbocycles. The standard InChI is InChI=1S/C12H20ClN3O/c1-3-4-10-14-15-11(13)16(10)9-12(5-6-12)7-8-17-2/h3-9H2,1-2H3. The van der Waals surface area contributed by atoms with Crippen molar-refractivity contribution in [3.8, 4) is 0 Å². The number of rotatable bonds is 7. The quantitative estimate of drug-likeness (QED) is 0.754. The number of hydrogen-bond acceptors (Lipinski definition) is 3. The number of methoxy groups -OCH3 is 1. The molecule has 17 heavy (non-hydrogen) atoms. The first-order chi connectivity index (χ1) is 8.21. The summed E-state index contributed by atoms with van der Waals surface area (Å²) in [5.74, 6) is 1.01. The molecule has 1 fully saturated rings. The molecule has 1 aliphatic carbocycles. The summed E-state index contributed by atoms with van der Waals surface area (Å²) in [6.45, 7) is 3.91. The van der Waals surface area contributed by atoms with Crippen LogP contribution in [0.3, 0.4) is 0 Å². The third kappa shape index (κ3) is 2.99. The Kier molecular flexibility index (Phi) is 4.05. The minimum atomic E-state index is 0.379. The van der Waals surface area contributed by atoms with Gasteiger partial charge in [0.15, 0.2) is 0 Å². The molecule has 1 saturated carbocycles. The first-order valence-electron chi connectivity index (χ1n) is 6.27. The molecule has 0 bridgehead atoms. The van der Waals surface area contributed by atoms with Gasteiger partial charge in [0.1, 0.15) is 5.82 Å². The maximum absolute atomic E-state index is 6.11. The van der Waals surface area contributed by atoms with Gasteiger partial charge >= 0.3 is 0 Å². The molecular weight excluding hydrogens is 238 g/mol. The molecule has 1 heterocycles. The SMILES string of the molecule is CCCc1nnc(Cl)n1CC1(CCOC)CC1. The summed E-state index contributed by atoms with van der Waals surface area (Å²) in [4.78, 5) is 0. The first kappa shape index (κ1) is 12.8. The lowest BCUT2D eigenvalue weighted by Gasteiger charge is -2.17. The molecule has 0 spiro atoms. The van der Waals surface area contributed by atoms with Crippen molar-refractivity contribution in [3.05, 3.63) is 11.1 Å². The van der Waals surface area contributed by atoms with Gasteiger partial charge in [0.2, 0.25) is 5.28 Å². The van der Waals surface area contributed by atoms with E-state index in [1.54, 1.807) is 7.11 Å². The molecule has 1 aromatic heterocycles. The van der Waals surface area contributed by atoms with Gasteiger partial charge < -0.3 is 9.30 Å². The fourth-order valence-corrected chi connectivity index (χ4v) is 2.39. The number of nitrogens with zero attached hydrogens (tertiary/aromatic N) is 3. The van der Waals surface area contributed by atoms with Crippen LogP contribution in [-0.2, 0) is 17.7 Å². The van der Waals surface area contributed by atoms with Crippen LogP contribution in [0.1, 0.15) is 38.4 Å². The van der Waals surface area contributed by atoms with Gasteiger partial charge in [0, 0.05) is 26.7 Å². The lowest BCUT2D eigenvalue weighted by molar-refractivity contribution is 0.166. The van der Waals surface area contributed by atoms with Gasteiger partial charge in [-0.3, -0.25) is 0 Å². The van der Waals surface area contributed by atoms with Crippen molar-refractivity contribution in [2.45, 2.75) is 45.6 Å². The Morgan fingerprint density at radius 2 is 2.18 bits per heavy atom. The van der Waals surface area contributed by atoms with Crippen molar-refractivity contribution in [1.29, 1.82) is 0 Å². The van der Waals surface area contributed by atoms with Crippen LogP contribution in [-0.4, -0.2) is 28.5 Å². The van der Waals surface area contributed by atoms with Crippen LogP contribution >= 0.6 is 11.6 Å². The summed E-state index contributed by atoms with van der Waals surface area (Å²) in [5.41, 5.74) is 0.379. The minimum Gasteiger partial charge on any atom is -0.385 e. The van der Waals surface area contributed by atoms with E-state index < -0.39 is 0 Å². The van der Waals surface area contributed by atoms with Crippen LogP contribution in [0.2, 0.25) is 5.28 Å². The first-order valence-corrected chi connectivity index (χ1v) is 6.65. The predicted octanol–water partition coefficient (Wildman–Crippen LogP) is 2.70. The van der Waals surface area contributed by atoms with E-state index in [4.69, 9.17) is 16.3 Å². The fourth-order valence-electron chi connectivity index (χ4n) is 2.20. The Labute approximate surface area is 107 Å². The second kappa shape index (κ2) is 5.36. The van der Waals surface area contributed by atoms with E-state index in [0.717, 1.165) is 38.2 Å². The van der Waals surface area contributed by atoms with Crippen LogP contribution in [0.4, 0.5) is 0 Å². The zero-order chi connectivity index (χ0) is 12.3. The molecule has 0 N–H and O–H groups in total. The predicted molar refractivity (Wildman–Crippen MR) is 67.2 cm³/mol. The van der Waals surface area contributed by atoms with Gasteiger partial charge in [-0.2, -0.15) is 0 Å². The number of ether oxygens (including phenoxy) is 1. The normalized spacial score (nSPS) is 17.4. The molecule has 4 nitrogen and oxygen atoms in total. The summed E-state index contributed by atoms with van der Waals surface area (Å²) >= 11 is 6.11. The molecule has 2 rings (SSSR count). The molecule has 1 aliphatic rings. The molecule has 96 valence electrons. The van der Waals surface area contributed by atoms with Crippen LogP contribution in [0, 0.1) is 5.41 Å². The highest BCUT2D eigenvalue weighted by atomic mass is 35.5.